The summed E-state index contributed by atoms with van der Waals surface area (Å²) in [4.78, 5) is 12.0. The van der Waals surface area contributed by atoms with Crippen LogP contribution in [-0.2, 0) is 14.2 Å². The Morgan fingerprint density at radius 1 is 1.33 bits per heavy atom. The summed E-state index contributed by atoms with van der Waals surface area (Å²) < 4.78 is 15.3. The van der Waals surface area contributed by atoms with Crippen molar-refractivity contribution in [1.82, 2.24) is 0 Å². The van der Waals surface area contributed by atoms with Gasteiger partial charge in [-0.2, -0.15) is 0 Å². The molecule has 6 nitrogen and oxygen atoms in total. The standard InChI is InChI=1S/C15H16O6/c1-3-10(13-11(16)12(17)15(19-2)21-13)20-14(18)9-7-5-4-6-8-9/h1,4-8,10-13,15-17H,2H3/t10-,11+,12-,13-,15-/m1/s1. The highest BCUT2D eigenvalue weighted by Gasteiger charge is 2.47. The molecule has 1 aliphatic heterocycles. The predicted molar refractivity (Wildman–Crippen MR) is 72.2 cm³/mol. The van der Waals surface area contributed by atoms with Crippen LogP contribution in [0.2, 0.25) is 0 Å². The number of methoxy groups -OCH3 is 1. The van der Waals surface area contributed by atoms with E-state index < -0.39 is 36.7 Å². The van der Waals surface area contributed by atoms with Crippen LogP contribution in [0.15, 0.2) is 30.3 Å². The van der Waals surface area contributed by atoms with Crippen LogP contribution in [0.5, 0.6) is 0 Å². The number of carbonyl (C=O) groups is 1. The summed E-state index contributed by atoms with van der Waals surface area (Å²) in [5.74, 6) is 1.61. The summed E-state index contributed by atoms with van der Waals surface area (Å²) >= 11 is 0. The van der Waals surface area contributed by atoms with E-state index >= 15 is 0 Å². The molecule has 0 radical (unpaired) electrons. The predicted octanol–water partition coefficient (Wildman–Crippen LogP) is -0.0617. The maximum atomic E-state index is 12.0. The van der Waals surface area contributed by atoms with E-state index in [0.717, 1.165) is 0 Å². The van der Waals surface area contributed by atoms with Crippen molar-refractivity contribution in [2.75, 3.05) is 7.11 Å². The lowest BCUT2D eigenvalue weighted by Gasteiger charge is -2.21. The zero-order valence-electron chi connectivity index (χ0n) is 11.4. The summed E-state index contributed by atoms with van der Waals surface area (Å²) in [5.41, 5.74) is 0.328. The van der Waals surface area contributed by atoms with Crippen LogP contribution >= 0.6 is 0 Å². The van der Waals surface area contributed by atoms with Gasteiger partial charge in [0.1, 0.15) is 18.3 Å². The van der Waals surface area contributed by atoms with Gasteiger partial charge in [-0.05, 0) is 12.1 Å². The molecule has 0 aliphatic carbocycles. The topological polar surface area (TPSA) is 85.2 Å². The number of terminal acetylenes is 1. The van der Waals surface area contributed by atoms with Crippen LogP contribution in [-0.4, -0.2) is 54.0 Å². The van der Waals surface area contributed by atoms with Crippen LogP contribution in [0.25, 0.3) is 0 Å². The summed E-state index contributed by atoms with van der Waals surface area (Å²) in [6.45, 7) is 0. The fourth-order valence-corrected chi connectivity index (χ4v) is 2.07. The smallest absolute Gasteiger partial charge is 0.339 e. The molecule has 2 N–H and O–H groups in total. The van der Waals surface area contributed by atoms with Crippen LogP contribution in [0.4, 0.5) is 0 Å². The van der Waals surface area contributed by atoms with Crippen molar-refractivity contribution < 1.29 is 29.2 Å². The Kier molecular flexibility index (Phi) is 4.94. The highest BCUT2D eigenvalue weighted by Crippen LogP contribution is 2.25. The first-order chi connectivity index (χ1) is 10.1. The molecule has 0 spiro atoms. The number of carbonyl (C=O) groups excluding carboxylic acids is 1. The van der Waals surface area contributed by atoms with Gasteiger partial charge in [-0.25, -0.2) is 4.79 Å². The molecule has 0 unspecified atom stereocenters. The van der Waals surface area contributed by atoms with E-state index in [0.29, 0.717) is 5.56 Å². The Labute approximate surface area is 122 Å². The second kappa shape index (κ2) is 6.70. The normalized spacial score (nSPS) is 29.6. The number of aliphatic hydroxyl groups excluding tert-OH is 2. The first-order valence-electron chi connectivity index (χ1n) is 6.35. The summed E-state index contributed by atoms with van der Waals surface area (Å²) in [6, 6.07) is 8.29. The third-order valence-electron chi connectivity index (χ3n) is 3.20. The van der Waals surface area contributed by atoms with Gasteiger partial charge in [-0.3, -0.25) is 0 Å². The van der Waals surface area contributed by atoms with Crippen LogP contribution in [0.1, 0.15) is 10.4 Å². The average Bonchev–Trinajstić information content (AvgIpc) is 2.81. The SMILES string of the molecule is C#C[C@@H](OC(=O)c1ccccc1)[C@H]1O[C@@H](OC)[C@H](O)[C@@H]1O. The molecule has 112 valence electrons. The molecule has 2 rings (SSSR count). The van der Waals surface area contributed by atoms with E-state index in [1.807, 2.05) is 0 Å². The van der Waals surface area contributed by atoms with Crippen molar-refractivity contribution in [2.45, 2.75) is 30.7 Å². The molecule has 0 amide bonds. The monoisotopic (exact) mass is 292 g/mol. The minimum atomic E-state index is -1.31. The Morgan fingerprint density at radius 3 is 2.52 bits per heavy atom. The molecule has 0 bridgehead atoms. The molecule has 1 aliphatic rings. The van der Waals surface area contributed by atoms with Crippen molar-refractivity contribution in [2.24, 2.45) is 0 Å². The molecule has 1 aromatic carbocycles. The number of ether oxygens (including phenoxy) is 3. The van der Waals surface area contributed by atoms with Gasteiger partial charge in [0, 0.05) is 7.11 Å². The lowest BCUT2D eigenvalue weighted by molar-refractivity contribution is -0.158. The van der Waals surface area contributed by atoms with Gasteiger partial charge in [0.05, 0.1) is 5.56 Å². The number of benzene rings is 1. The van der Waals surface area contributed by atoms with Crippen molar-refractivity contribution in [3.8, 4) is 12.3 Å². The molecule has 0 saturated carbocycles. The van der Waals surface area contributed by atoms with Crippen molar-refractivity contribution in [3.05, 3.63) is 35.9 Å². The second-order valence-electron chi connectivity index (χ2n) is 4.54. The zero-order valence-corrected chi connectivity index (χ0v) is 11.4. The molecule has 5 atom stereocenters. The summed E-state index contributed by atoms with van der Waals surface area (Å²) in [6.07, 6.45) is -0.438. The largest absolute Gasteiger partial charge is 0.443 e. The lowest BCUT2D eigenvalue weighted by atomic mass is 10.1. The van der Waals surface area contributed by atoms with Crippen LogP contribution in [0, 0.1) is 12.3 Å². The van der Waals surface area contributed by atoms with Crippen molar-refractivity contribution in [1.29, 1.82) is 0 Å². The number of hydrogen-bond acceptors (Lipinski definition) is 6. The number of hydrogen-bond donors (Lipinski definition) is 2. The summed E-state index contributed by atoms with van der Waals surface area (Å²) in [5, 5.41) is 19.6. The lowest BCUT2D eigenvalue weighted by Crippen LogP contribution is -2.40. The Morgan fingerprint density at radius 2 is 2.00 bits per heavy atom. The maximum absolute atomic E-state index is 12.0. The third kappa shape index (κ3) is 3.23. The van der Waals surface area contributed by atoms with Gasteiger partial charge in [-0.1, -0.05) is 24.1 Å². The third-order valence-corrected chi connectivity index (χ3v) is 3.20. The first kappa shape index (κ1) is 15.5. The fraction of sp³-hybridized carbons (Fsp3) is 0.400. The molecular formula is C15H16O6. The molecule has 1 aromatic rings. The number of rotatable bonds is 4. The minimum absolute atomic E-state index is 0.328. The van der Waals surface area contributed by atoms with Gasteiger partial charge in [0.2, 0.25) is 0 Å². The summed E-state index contributed by atoms with van der Waals surface area (Å²) in [7, 11) is 1.32. The quantitative estimate of drug-likeness (QED) is 0.597. The molecule has 21 heavy (non-hydrogen) atoms. The van der Waals surface area contributed by atoms with Gasteiger partial charge in [-0.15, -0.1) is 6.42 Å². The van der Waals surface area contributed by atoms with E-state index in [4.69, 9.17) is 20.6 Å². The Balaban J connectivity index is 2.08. The average molecular weight is 292 g/mol. The van der Waals surface area contributed by atoms with Gasteiger partial charge < -0.3 is 24.4 Å². The molecule has 6 heteroatoms. The van der Waals surface area contributed by atoms with Gasteiger partial charge in [0.25, 0.3) is 0 Å². The van der Waals surface area contributed by atoms with E-state index in [2.05, 4.69) is 5.92 Å². The van der Waals surface area contributed by atoms with E-state index in [1.165, 1.54) is 7.11 Å². The molecule has 1 saturated heterocycles. The van der Waals surface area contributed by atoms with Crippen molar-refractivity contribution in [3.63, 3.8) is 0 Å². The second-order valence-corrected chi connectivity index (χ2v) is 4.54. The molecule has 1 fully saturated rings. The van der Waals surface area contributed by atoms with Crippen molar-refractivity contribution >= 4 is 5.97 Å². The molecular weight excluding hydrogens is 276 g/mol. The van der Waals surface area contributed by atoms with E-state index in [9.17, 15) is 15.0 Å². The zero-order chi connectivity index (χ0) is 15.4. The first-order valence-corrected chi connectivity index (χ1v) is 6.35. The number of aliphatic hydroxyl groups is 2. The minimum Gasteiger partial charge on any atom is -0.443 e. The van der Waals surface area contributed by atoms with E-state index in [1.54, 1.807) is 30.3 Å². The van der Waals surface area contributed by atoms with Gasteiger partial charge >= 0.3 is 5.97 Å². The molecule has 1 heterocycles. The Bertz CT molecular complexity index is 523. The van der Waals surface area contributed by atoms with Gasteiger partial charge in [0.15, 0.2) is 12.4 Å². The number of esters is 1. The Hall–Kier alpha value is -1.91. The highest BCUT2D eigenvalue weighted by atomic mass is 16.7. The highest BCUT2D eigenvalue weighted by molar-refractivity contribution is 5.89. The molecule has 0 aromatic heterocycles. The van der Waals surface area contributed by atoms with Crippen LogP contribution < -0.4 is 0 Å². The van der Waals surface area contributed by atoms with Crippen LogP contribution in [0.3, 0.4) is 0 Å². The maximum Gasteiger partial charge on any atom is 0.339 e. The fourth-order valence-electron chi connectivity index (χ4n) is 2.07. The van der Waals surface area contributed by atoms with E-state index in [-0.39, 0.29) is 0 Å².